The summed E-state index contributed by atoms with van der Waals surface area (Å²) in [6.07, 6.45) is 13.5. The van der Waals surface area contributed by atoms with Gasteiger partial charge in [-0.3, -0.25) is 24.0 Å². The molecular weight excluding hydrogens is 783 g/mol. The van der Waals surface area contributed by atoms with Crippen molar-refractivity contribution in [1.82, 2.24) is 15.7 Å². The number of rotatable bonds is 21. The zero-order chi connectivity index (χ0) is 43.4. The number of hydrogen-bond donors (Lipinski definition) is 3. The monoisotopic (exact) mass is 851 g/mol. The Morgan fingerprint density at radius 2 is 1.69 bits per heavy atom. The Kier molecular flexibility index (Phi) is 14.6. The summed E-state index contributed by atoms with van der Waals surface area (Å²) in [5.41, 5.74) is -0.0325. The second-order valence-corrected chi connectivity index (χ2v) is 19.2. The molecule has 0 spiro atoms. The Labute approximate surface area is 361 Å². The molecule has 2 bridgehead atoms. The van der Waals surface area contributed by atoms with Gasteiger partial charge in [0.05, 0.1) is 31.4 Å². The number of carbonyl (C=O) groups excluding carboxylic acids is 4. The van der Waals surface area contributed by atoms with E-state index in [0.29, 0.717) is 31.0 Å². The topological polar surface area (TPSA) is 174 Å². The molecule has 6 aliphatic rings. The van der Waals surface area contributed by atoms with E-state index in [-0.39, 0.29) is 45.4 Å². The van der Waals surface area contributed by atoms with Gasteiger partial charge >= 0.3 is 11.9 Å². The van der Waals surface area contributed by atoms with E-state index in [0.717, 1.165) is 68.9 Å². The van der Waals surface area contributed by atoms with Gasteiger partial charge in [-0.05, 0) is 76.3 Å². The summed E-state index contributed by atoms with van der Waals surface area (Å²) >= 11 is 0. The van der Waals surface area contributed by atoms with Crippen molar-refractivity contribution in [2.45, 2.75) is 198 Å². The van der Waals surface area contributed by atoms with Gasteiger partial charge in [0.15, 0.2) is 11.8 Å². The summed E-state index contributed by atoms with van der Waals surface area (Å²) in [7, 11) is 0. The fourth-order valence-electron chi connectivity index (χ4n) is 10.1. The first-order valence-electron chi connectivity index (χ1n) is 23.1. The van der Waals surface area contributed by atoms with Gasteiger partial charge in [0, 0.05) is 38.6 Å². The first kappa shape index (κ1) is 45.6. The minimum absolute atomic E-state index is 0.0245. The second-order valence-electron chi connectivity index (χ2n) is 19.2. The molecule has 3 N–H and O–H groups in total. The lowest BCUT2D eigenvalue weighted by Crippen LogP contribution is -2.69. The number of hydrogen-bond acceptors (Lipinski definition) is 12. The fourth-order valence-corrected chi connectivity index (χ4v) is 10.1. The molecule has 1 aromatic rings. The van der Waals surface area contributed by atoms with Crippen molar-refractivity contribution in [3.63, 3.8) is 0 Å². The molecule has 338 valence electrons. The van der Waals surface area contributed by atoms with Gasteiger partial charge in [-0.2, -0.15) is 5.06 Å². The maximum atomic E-state index is 14.8. The normalized spacial score (nSPS) is 31.5. The van der Waals surface area contributed by atoms with Crippen LogP contribution in [-0.2, 0) is 54.2 Å². The zero-order valence-electron chi connectivity index (χ0n) is 36.9. The smallest absolute Gasteiger partial charge is 0.327 e. The standard InChI is InChI=1S/C47H69N3O11/c1-6-8-10-23-46(24-11-9-7-2)59-39-36-27-47(44(55)48-25-22-37(52)49-33(29-51)19-21-38(53)58-45(3,4)5)41(43(54)57-36)50(61-42(47)40(39)60-46)28-32-16-13-30(14-17-32)12-15-31-18-20-34-35(26-31)56-34/h12-17,31,33-36,39-42,51H,6-11,18-29H2,1-5H3,(H,48,55)(H,49,52)/t31?,33-,34?,35?,36+,39-,40-,41-,42+,47-/m0/s1. The maximum Gasteiger partial charge on any atom is 0.327 e. The zero-order valence-corrected chi connectivity index (χ0v) is 36.9. The van der Waals surface area contributed by atoms with E-state index in [1.807, 2.05) is 12.1 Å². The highest BCUT2D eigenvalue weighted by Crippen LogP contribution is 2.58. The molecule has 10 atom stereocenters. The average Bonchev–Trinajstić information content (AvgIpc) is 3.77. The first-order valence-corrected chi connectivity index (χ1v) is 23.1. The quantitative estimate of drug-likeness (QED) is 0.0771. The molecule has 61 heavy (non-hydrogen) atoms. The molecule has 2 aliphatic carbocycles. The van der Waals surface area contributed by atoms with Crippen molar-refractivity contribution in [3.05, 3.63) is 41.5 Å². The number of esters is 2. The van der Waals surface area contributed by atoms with Crippen LogP contribution < -0.4 is 10.6 Å². The number of amides is 2. The number of unbranched alkanes of at least 4 members (excludes halogenated alkanes) is 4. The molecule has 14 heteroatoms. The summed E-state index contributed by atoms with van der Waals surface area (Å²) in [6.45, 7) is 9.50. The fraction of sp³-hybridized carbons (Fsp3) is 0.745. The van der Waals surface area contributed by atoms with Crippen molar-refractivity contribution in [2.24, 2.45) is 11.3 Å². The highest BCUT2D eigenvalue weighted by molar-refractivity contribution is 5.94. The van der Waals surface area contributed by atoms with Gasteiger partial charge in [-0.15, -0.1) is 0 Å². The van der Waals surface area contributed by atoms with Crippen molar-refractivity contribution in [1.29, 1.82) is 0 Å². The van der Waals surface area contributed by atoms with E-state index in [4.69, 9.17) is 28.5 Å². The molecule has 3 unspecified atom stereocenters. The van der Waals surface area contributed by atoms with Crippen LogP contribution in [0.2, 0.25) is 0 Å². The van der Waals surface area contributed by atoms with Crippen LogP contribution in [0, 0.1) is 11.3 Å². The Hall–Kier alpha value is -3.40. The molecule has 6 fully saturated rings. The lowest BCUT2D eigenvalue weighted by Gasteiger charge is -2.48. The molecule has 4 saturated heterocycles. The van der Waals surface area contributed by atoms with Gasteiger partial charge in [-0.1, -0.05) is 75.9 Å². The molecule has 2 saturated carbocycles. The van der Waals surface area contributed by atoms with Gasteiger partial charge in [0.25, 0.3) is 0 Å². The van der Waals surface area contributed by atoms with Crippen LogP contribution in [0.5, 0.6) is 0 Å². The lowest BCUT2D eigenvalue weighted by atomic mass is 9.62. The Morgan fingerprint density at radius 3 is 2.36 bits per heavy atom. The lowest BCUT2D eigenvalue weighted by molar-refractivity contribution is -0.224. The number of carbonyl (C=O) groups is 4. The second kappa shape index (κ2) is 19.6. The van der Waals surface area contributed by atoms with Crippen LogP contribution in [0.15, 0.2) is 30.3 Å². The Morgan fingerprint density at radius 1 is 0.967 bits per heavy atom. The number of nitrogens with zero attached hydrogens (tertiary/aromatic N) is 1. The van der Waals surface area contributed by atoms with Crippen LogP contribution in [0.1, 0.15) is 142 Å². The first-order chi connectivity index (χ1) is 29.3. The third kappa shape index (κ3) is 10.7. The van der Waals surface area contributed by atoms with E-state index >= 15 is 0 Å². The number of fused-ring (bicyclic) bond motifs is 5. The number of aliphatic hydroxyl groups is 1. The van der Waals surface area contributed by atoms with Gasteiger partial charge < -0.3 is 39.4 Å². The summed E-state index contributed by atoms with van der Waals surface area (Å²) in [5.74, 6) is -2.14. The largest absolute Gasteiger partial charge is 0.460 e. The predicted octanol–water partition coefficient (Wildman–Crippen LogP) is 5.81. The Balaban J connectivity index is 1.07. The van der Waals surface area contributed by atoms with Crippen molar-refractivity contribution >= 4 is 29.8 Å². The molecule has 0 aromatic heterocycles. The van der Waals surface area contributed by atoms with E-state index < -0.39 is 77.1 Å². The average molecular weight is 852 g/mol. The van der Waals surface area contributed by atoms with Crippen molar-refractivity contribution in [3.8, 4) is 0 Å². The minimum atomic E-state index is -1.38. The molecule has 4 heterocycles. The van der Waals surface area contributed by atoms with Gasteiger partial charge in [0.2, 0.25) is 11.8 Å². The van der Waals surface area contributed by atoms with Crippen LogP contribution in [0.4, 0.5) is 0 Å². The summed E-state index contributed by atoms with van der Waals surface area (Å²) in [6, 6.07) is 6.43. The Bertz CT molecular complexity index is 1720. The van der Waals surface area contributed by atoms with Crippen LogP contribution >= 0.6 is 0 Å². The van der Waals surface area contributed by atoms with E-state index in [9.17, 15) is 24.3 Å². The van der Waals surface area contributed by atoms with Crippen LogP contribution in [0.25, 0.3) is 6.08 Å². The maximum absolute atomic E-state index is 14.8. The molecule has 7 rings (SSSR count). The molecule has 14 nitrogen and oxygen atoms in total. The SMILES string of the molecule is CCCCCC1(CCCCC)O[C@@H]2[C@H](O1)[C@H]1ON(Cc3ccc(C=CC4CCC5OC5C4)cc3)[C@H]3C(=O)O[C@@H]2C[C@@]13C(=O)NCCC(=O)N[C@H](CO)CCC(=O)OC(C)(C)C. The van der Waals surface area contributed by atoms with Crippen LogP contribution in [0.3, 0.4) is 0 Å². The van der Waals surface area contributed by atoms with Gasteiger partial charge in [0.1, 0.15) is 35.4 Å². The number of aliphatic hydroxyl groups excluding tert-OH is 1. The molecular formula is C47H69N3O11. The summed E-state index contributed by atoms with van der Waals surface area (Å²) in [4.78, 5) is 61.1. The molecule has 0 radical (unpaired) electrons. The van der Waals surface area contributed by atoms with Crippen molar-refractivity contribution in [2.75, 3.05) is 13.2 Å². The minimum Gasteiger partial charge on any atom is -0.460 e. The molecule has 4 aliphatic heterocycles. The summed E-state index contributed by atoms with van der Waals surface area (Å²) in [5, 5.41) is 17.3. The highest BCUT2D eigenvalue weighted by Gasteiger charge is 2.76. The van der Waals surface area contributed by atoms with Crippen molar-refractivity contribution < 1.29 is 52.8 Å². The number of benzene rings is 1. The summed E-state index contributed by atoms with van der Waals surface area (Å²) < 4.78 is 31.1. The predicted molar refractivity (Wildman–Crippen MR) is 225 cm³/mol. The number of ether oxygens (including phenoxy) is 5. The van der Waals surface area contributed by atoms with E-state index in [1.165, 1.54) is 0 Å². The molecule has 2 amide bonds. The number of nitrogens with one attached hydrogen (secondary N) is 2. The van der Waals surface area contributed by atoms with Crippen LogP contribution in [-0.4, -0.2) is 107 Å². The third-order valence-electron chi connectivity index (χ3n) is 13.3. The van der Waals surface area contributed by atoms with E-state index in [2.05, 4.69) is 48.8 Å². The number of hydroxylamine groups is 2. The molecule has 1 aromatic carbocycles. The van der Waals surface area contributed by atoms with Gasteiger partial charge in [-0.25, -0.2) is 0 Å². The number of epoxide rings is 1. The van der Waals surface area contributed by atoms with E-state index in [1.54, 1.807) is 25.8 Å². The highest BCUT2D eigenvalue weighted by atomic mass is 16.8. The third-order valence-corrected chi connectivity index (χ3v) is 13.3. The number of allylic oxidation sites excluding steroid dienone is 1.